The average Bonchev–Trinajstić information content (AvgIpc) is 3.45. The highest BCUT2D eigenvalue weighted by Gasteiger charge is 2.47. The van der Waals surface area contributed by atoms with Gasteiger partial charge in [-0.25, -0.2) is 9.37 Å². The normalized spacial score (nSPS) is 16.3. The molecule has 0 unspecified atom stereocenters. The second kappa shape index (κ2) is 7.67. The Morgan fingerprint density at radius 1 is 1.15 bits per heavy atom. The standard InChI is InChI=1S/C25H19FN2O4S/c1-12-10-13(2)20-18(11-12)33-25(27-20)28-21(15-6-4-5-7-16(15)26)19(23(30)24(28)31)22(29)17-9-8-14(3)32-17/h4-11,21,30H,1-3H3/t21-/m1/s1. The van der Waals surface area contributed by atoms with Crippen LogP contribution in [-0.2, 0) is 4.79 Å². The Balaban J connectivity index is 1.71. The molecule has 0 aliphatic carbocycles. The number of aromatic nitrogens is 1. The molecule has 1 atom stereocenters. The van der Waals surface area contributed by atoms with Gasteiger partial charge >= 0.3 is 0 Å². The first-order valence-corrected chi connectivity index (χ1v) is 11.1. The highest BCUT2D eigenvalue weighted by Crippen LogP contribution is 2.45. The van der Waals surface area contributed by atoms with Crippen LogP contribution in [-0.4, -0.2) is 21.8 Å². The molecule has 0 spiro atoms. The summed E-state index contributed by atoms with van der Waals surface area (Å²) in [5.41, 5.74) is 2.52. The van der Waals surface area contributed by atoms with Gasteiger partial charge < -0.3 is 9.52 Å². The number of nitrogens with zero attached hydrogens (tertiary/aromatic N) is 2. The fraction of sp³-hybridized carbons (Fsp3) is 0.160. The molecule has 5 rings (SSSR count). The first-order valence-electron chi connectivity index (χ1n) is 10.3. The maximum Gasteiger partial charge on any atom is 0.296 e. The third-order valence-corrected chi connectivity index (χ3v) is 6.64. The Morgan fingerprint density at radius 2 is 1.91 bits per heavy atom. The minimum absolute atomic E-state index is 0.0409. The molecule has 0 fully saturated rings. The topological polar surface area (TPSA) is 83.6 Å². The summed E-state index contributed by atoms with van der Waals surface area (Å²) in [5.74, 6) is -2.39. The number of halogens is 1. The summed E-state index contributed by atoms with van der Waals surface area (Å²) in [4.78, 5) is 32.4. The van der Waals surface area contributed by atoms with E-state index in [2.05, 4.69) is 4.98 Å². The average molecular weight is 463 g/mol. The van der Waals surface area contributed by atoms with Crippen molar-refractivity contribution in [2.75, 3.05) is 4.90 Å². The van der Waals surface area contributed by atoms with Gasteiger partial charge in [0.1, 0.15) is 17.6 Å². The van der Waals surface area contributed by atoms with Crippen LogP contribution in [0.5, 0.6) is 0 Å². The minimum Gasteiger partial charge on any atom is -0.503 e. The molecule has 0 radical (unpaired) electrons. The number of ketones is 1. The zero-order chi connectivity index (χ0) is 23.4. The van der Waals surface area contributed by atoms with E-state index in [1.165, 1.54) is 40.5 Å². The number of carbonyl (C=O) groups is 2. The smallest absolute Gasteiger partial charge is 0.296 e. The number of hydrogen-bond donors (Lipinski definition) is 1. The molecule has 8 heteroatoms. The Hall–Kier alpha value is -3.78. The lowest BCUT2D eigenvalue weighted by molar-refractivity contribution is -0.117. The van der Waals surface area contributed by atoms with Gasteiger partial charge in [0.15, 0.2) is 16.7 Å². The van der Waals surface area contributed by atoms with Gasteiger partial charge in [-0.1, -0.05) is 35.6 Å². The quantitative estimate of drug-likeness (QED) is 0.391. The van der Waals surface area contributed by atoms with Gasteiger partial charge in [-0.15, -0.1) is 0 Å². The maximum atomic E-state index is 15.0. The third kappa shape index (κ3) is 3.34. The number of thiazole rings is 1. The minimum atomic E-state index is -1.20. The van der Waals surface area contributed by atoms with Gasteiger partial charge in [0.2, 0.25) is 5.78 Å². The Labute approximate surface area is 192 Å². The molecule has 3 heterocycles. The van der Waals surface area contributed by atoms with E-state index in [-0.39, 0.29) is 22.0 Å². The predicted octanol–water partition coefficient (Wildman–Crippen LogP) is 5.74. The van der Waals surface area contributed by atoms with E-state index >= 15 is 0 Å². The summed E-state index contributed by atoms with van der Waals surface area (Å²) >= 11 is 1.25. The van der Waals surface area contributed by atoms with Crippen LogP contribution in [0.15, 0.2) is 64.3 Å². The molecule has 2 aromatic heterocycles. The van der Waals surface area contributed by atoms with Crippen molar-refractivity contribution >= 4 is 38.4 Å². The van der Waals surface area contributed by atoms with Crippen LogP contribution in [0, 0.1) is 26.6 Å². The fourth-order valence-corrected chi connectivity index (χ4v) is 5.35. The fourth-order valence-electron chi connectivity index (χ4n) is 4.18. The predicted molar refractivity (Wildman–Crippen MR) is 123 cm³/mol. The van der Waals surface area contributed by atoms with Crippen molar-refractivity contribution in [3.8, 4) is 0 Å². The molecular formula is C25H19FN2O4S. The van der Waals surface area contributed by atoms with Gasteiger partial charge in [-0.2, -0.15) is 0 Å². The van der Waals surface area contributed by atoms with Crippen LogP contribution < -0.4 is 4.90 Å². The number of aliphatic hydroxyl groups excluding tert-OH is 1. The van der Waals surface area contributed by atoms with E-state index in [0.717, 1.165) is 15.8 Å². The van der Waals surface area contributed by atoms with Crippen LogP contribution in [0.2, 0.25) is 0 Å². The third-order valence-electron chi connectivity index (χ3n) is 5.64. The van der Waals surface area contributed by atoms with Crippen molar-refractivity contribution in [3.05, 3.63) is 93.9 Å². The summed E-state index contributed by atoms with van der Waals surface area (Å²) in [6.45, 7) is 5.56. The highest BCUT2D eigenvalue weighted by molar-refractivity contribution is 7.22. The zero-order valence-corrected chi connectivity index (χ0v) is 18.9. The molecule has 0 bridgehead atoms. The summed E-state index contributed by atoms with van der Waals surface area (Å²) in [6.07, 6.45) is 0. The van der Waals surface area contributed by atoms with Crippen molar-refractivity contribution in [2.45, 2.75) is 26.8 Å². The van der Waals surface area contributed by atoms with E-state index in [0.29, 0.717) is 11.3 Å². The molecule has 1 aliphatic heterocycles. The van der Waals surface area contributed by atoms with Crippen LogP contribution in [0.25, 0.3) is 10.2 Å². The lowest BCUT2D eigenvalue weighted by atomic mass is 9.95. The van der Waals surface area contributed by atoms with Crippen molar-refractivity contribution in [2.24, 2.45) is 0 Å². The second-order valence-electron chi connectivity index (χ2n) is 8.03. The molecule has 1 amide bonds. The van der Waals surface area contributed by atoms with Gasteiger partial charge in [-0.05, 0) is 56.2 Å². The number of furan rings is 1. The summed E-state index contributed by atoms with van der Waals surface area (Å²) in [5, 5.41) is 11.1. The van der Waals surface area contributed by atoms with Gasteiger partial charge in [0.05, 0.1) is 15.8 Å². The monoisotopic (exact) mass is 462 g/mol. The first-order chi connectivity index (χ1) is 15.8. The number of benzene rings is 2. The Bertz CT molecular complexity index is 1480. The lowest BCUT2D eigenvalue weighted by Gasteiger charge is -2.24. The molecule has 1 aliphatic rings. The molecule has 2 aromatic carbocycles. The highest BCUT2D eigenvalue weighted by atomic mass is 32.1. The van der Waals surface area contributed by atoms with Crippen LogP contribution in [0.3, 0.4) is 0 Å². The molecular weight excluding hydrogens is 443 g/mol. The summed E-state index contributed by atoms with van der Waals surface area (Å²) < 4.78 is 21.2. The summed E-state index contributed by atoms with van der Waals surface area (Å²) in [6, 6.07) is 11.7. The van der Waals surface area contributed by atoms with Crippen molar-refractivity contribution < 1.29 is 23.5 Å². The second-order valence-corrected chi connectivity index (χ2v) is 9.04. The molecule has 33 heavy (non-hydrogen) atoms. The molecule has 0 saturated heterocycles. The van der Waals surface area contributed by atoms with E-state index in [4.69, 9.17) is 4.42 Å². The van der Waals surface area contributed by atoms with Crippen LogP contribution >= 0.6 is 11.3 Å². The number of hydrogen-bond acceptors (Lipinski definition) is 6. The number of carbonyl (C=O) groups excluding carboxylic acids is 2. The summed E-state index contributed by atoms with van der Waals surface area (Å²) in [7, 11) is 0. The number of anilines is 1. The maximum absolute atomic E-state index is 15.0. The zero-order valence-electron chi connectivity index (χ0n) is 18.0. The molecule has 1 N–H and O–H groups in total. The number of rotatable bonds is 4. The largest absolute Gasteiger partial charge is 0.503 e. The number of Topliss-reactive ketones (excluding diaryl/α,β-unsaturated/α-hetero) is 1. The van der Waals surface area contributed by atoms with Crippen molar-refractivity contribution in [1.82, 2.24) is 4.98 Å². The number of amides is 1. The van der Waals surface area contributed by atoms with Gasteiger partial charge in [-0.3, -0.25) is 14.5 Å². The first kappa shape index (κ1) is 21.1. The molecule has 4 aromatic rings. The Morgan fingerprint density at radius 3 is 2.61 bits per heavy atom. The van der Waals surface area contributed by atoms with Gasteiger partial charge in [0, 0.05) is 5.56 Å². The van der Waals surface area contributed by atoms with E-state index in [9.17, 15) is 19.1 Å². The van der Waals surface area contributed by atoms with Crippen molar-refractivity contribution in [3.63, 3.8) is 0 Å². The SMILES string of the molecule is Cc1cc(C)c2nc(N3C(=O)C(O)=C(C(=O)c4ccc(C)o4)[C@H]3c3ccccc3F)sc2c1. The van der Waals surface area contributed by atoms with Gasteiger partial charge in [0.25, 0.3) is 5.91 Å². The van der Waals surface area contributed by atoms with Crippen LogP contribution in [0.4, 0.5) is 9.52 Å². The number of fused-ring (bicyclic) bond motifs is 1. The molecule has 0 saturated carbocycles. The molecule has 6 nitrogen and oxygen atoms in total. The van der Waals surface area contributed by atoms with Crippen molar-refractivity contribution in [1.29, 1.82) is 0 Å². The van der Waals surface area contributed by atoms with Crippen LogP contribution in [0.1, 0.15) is 39.0 Å². The van der Waals surface area contributed by atoms with E-state index in [1.807, 2.05) is 26.0 Å². The van der Waals surface area contributed by atoms with E-state index < -0.39 is 29.3 Å². The number of aryl methyl sites for hydroxylation is 3. The number of aliphatic hydroxyl groups is 1. The molecule has 166 valence electrons. The lowest BCUT2D eigenvalue weighted by Crippen LogP contribution is -2.31. The van der Waals surface area contributed by atoms with E-state index in [1.54, 1.807) is 19.1 Å². The Kier molecular flexibility index (Phi) is 4.90.